The summed E-state index contributed by atoms with van der Waals surface area (Å²) < 4.78 is 23.6. The molecule has 4 aromatic rings. The van der Waals surface area contributed by atoms with E-state index in [1.165, 1.54) is 10.9 Å². The molecule has 0 radical (unpaired) electrons. The van der Waals surface area contributed by atoms with Crippen LogP contribution in [0, 0.1) is 0 Å². The summed E-state index contributed by atoms with van der Waals surface area (Å²) in [7, 11) is 3.16. The normalized spacial score (nSPS) is 19.5. The van der Waals surface area contributed by atoms with Gasteiger partial charge in [0.15, 0.2) is 18.1 Å². The number of nitrogens with one attached hydrogen (secondary N) is 2. The number of likely N-dealkylation sites (tertiary alicyclic amines) is 1. The lowest BCUT2D eigenvalue weighted by atomic mass is 9.99. The Labute approximate surface area is 262 Å². The highest BCUT2D eigenvalue weighted by Crippen LogP contribution is 2.30. The molecule has 234 valence electrons. The number of rotatable bonds is 4. The van der Waals surface area contributed by atoms with Crippen molar-refractivity contribution >= 4 is 22.6 Å². The van der Waals surface area contributed by atoms with Gasteiger partial charge in [0, 0.05) is 62.0 Å². The molecular weight excluding hydrogens is 572 g/mol. The minimum absolute atomic E-state index is 0.0808. The van der Waals surface area contributed by atoms with E-state index in [0.29, 0.717) is 55.4 Å². The van der Waals surface area contributed by atoms with Gasteiger partial charge in [-0.05, 0) is 59.7 Å². The van der Waals surface area contributed by atoms with Crippen molar-refractivity contribution in [3.05, 3.63) is 89.7 Å². The minimum Gasteiger partial charge on any atom is -0.496 e. The fraction of sp³-hybridized carbons (Fsp3) is 0.343. The second-order valence-corrected chi connectivity index (χ2v) is 11.4. The molecule has 10 nitrogen and oxygen atoms in total. The Morgan fingerprint density at radius 1 is 0.978 bits per heavy atom. The van der Waals surface area contributed by atoms with Gasteiger partial charge in [-0.25, -0.2) is 0 Å². The summed E-state index contributed by atoms with van der Waals surface area (Å²) in [6, 6.07) is 19.1. The van der Waals surface area contributed by atoms with E-state index in [9.17, 15) is 9.59 Å². The topological polar surface area (TPSA) is 111 Å². The van der Waals surface area contributed by atoms with Gasteiger partial charge < -0.3 is 29.6 Å². The summed E-state index contributed by atoms with van der Waals surface area (Å²) in [5, 5.41) is 8.44. The standard InChI is InChI=1S/C35H38N4O6/c1-42-31-10-6-23-7-11-34(40)37-19-25-8-9-27(17-32(25)43-2)45-30-13-15-39(21-29(30)38-35(41)22-44-33(31)16-23)20-26-5-3-4-24-18-36-14-12-28(24)26/h3-6,8-10,12,14,16-18,29-30H,7,11,13,15,19-22H2,1-2H3,(H,37,40)(H,38,41)/t29-,30+/m1/s1. The van der Waals surface area contributed by atoms with Crippen LogP contribution in [0.1, 0.15) is 29.5 Å². The van der Waals surface area contributed by atoms with Gasteiger partial charge in [0.2, 0.25) is 5.91 Å². The van der Waals surface area contributed by atoms with Gasteiger partial charge in [0.05, 0.1) is 20.3 Å². The number of hydrogen-bond acceptors (Lipinski definition) is 8. The van der Waals surface area contributed by atoms with Crippen LogP contribution in [0.15, 0.2) is 73.1 Å². The summed E-state index contributed by atoms with van der Waals surface area (Å²) >= 11 is 0. The molecule has 0 aliphatic carbocycles. The van der Waals surface area contributed by atoms with Crippen molar-refractivity contribution in [2.45, 2.75) is 44.5 Å². The van der Waals surface area contributed by atoms with Gasteiger partial charge in [0.25, 0.3) is 5.91 Å². The van der Waals surface area contributed by atoms with Crippen LogP contribution in [0.4, 0.5) is 0 Å². The molecular formula is C35H38N4O6. The van der Waals surface area contributed by atoms with Gasteiger partial charge in [-0.15, -0.1) is 0 Å². The van der Waals surface area contributed by atoms with E-state index in [2.05, 4.69) is 38.7 Å². The fourth-order valence-electron chi connectivity index (χ4n) is 6.03. The molecule has 0 unspecified atom stereocenters. The van der Waals surface area contributed by atoms with Crippen molar-refractivity contribution in [3.8, 4) is 23.0 Å². The van der Waals surface area contributed by atoms with Gasteiger partial charge in [0.1, 0.15) is 17.6 Å². The Morgan fingerprint density at radius 3 is 2.73 bits per heavy atom. The molecule has 0 spiro atoms. The third-order valence-electron chi connectivity index (χ3n) is 8.39. The first kappa shape index (κ1) is 30.2. The summed E-state index contributed by atoms with van der Waals surface area (Å²) in [6.07, 6.45) is 4.92. The number of carbonyl (C=O) groups excluding carboxylic acids is 2. The molecule has 1 saturated heterocycles. The average molecular weight is 611 g/mol. The van der Waals surface area contributed by atoms with Crippen LogP contribution in [0.5, 0.6) is 23.0 Å². The maximum absolute atomic E-state index is 13.3. The van der Waals surface area contributed by atoms with E-state index >= 15 is 0 Å². The molecule has 10 heteroatoms. The Hall–Kier alpha value is -4.83. The summed E-state index contributed by atoms with van der Waals surface area (Å²) in [4.78, 5) is 32.6. The Balaban J connectivity index is 1.26. The zero-order valence-electron chi connectivity index (χ0n) is 25.6. The van der Waals surface area contributed by atoms with Crippen molar-refractivity contribution < 1.29 is 28.5 Å². The highest BCUT2D eigenvalue weighted by Gasteiger charge is 2.33. The first-order valence-corrected chi connectivity index (χ1v) is 15.2. The van der Waals surface area contributed by atoms with Crippen molar-refractivity contribution in [1.82, 2.24) is 20.5 Å². The van der Waals surface area contributed by atoms with Gasteiger partial charge >= 0.3 is 0 Å². The molecule has 1 fully saturated rings. The third kappa shape index (κ3) is 7.29. The van der Waals surface area contributed by atoms with E-state index in [-0.39, 0.29) is 30.6 Å². The van der Waals surface area contributed by atoms with Crippen LogP contribution in [-0.4, -0.2) is 67.8 Å². The smallest absolute Gasteiger partial charge is 0.258 e. The number of piperidine rings is 1. The molecule has 2 atom stereocenters. The average Bonchev–Trinajstić information content (AvgIpc) is 3.06. The second-order valence-electron chi connectivity index (χ2n) is 11.4. The maximum atomic E-state index is 13.3. The van der Waals surface area contributed by atoms with Crippen molar-refractivity contribution in [2.24, 2.45) is 0 Å². The SMILES string of the molecule is COc1cc2ccc1CNC(=O)CCc1ccc(OC)c(c1)OCC(=O)N[C@@H]1CN(Cc3cccc4cnccc34)CC[C@@H]1O2. The van der Waals surface area contributed by atoms with Crippen LogP contribution >= 0.6 is 0 Å². The summed E-state index contributed by atoms with van der Waals surface area (Å²) in [6.45, 7) is 2.26. The number of hydrogen-bond donors (Lipinski definition) is 2. The van der Waals surface area contributed by atoms with Gasteiger partial charge in [-0.3, -0.25) is 19.5 Å². The first-order chi connectivity index (χ1) is 22.0. The molecule has 3 aliphatic rings. The number of methoxy groups -OCH3 is 2. The number of carbonyl (C=O) groups is 2. The van der Waals surface area contributed by atoms with Crippen LogP contribution in [0.2, 0.25) is 0 Å². The Bertz CT molecular complexity index is 1670. The minimum atomic E-state index is -0.299. The molecule has 45 heavy (non-hydrogen) atoms. The predicted octanol–water partition coefficient (Wildman–Crippen LogP) is 4.03. The molecule has 4 bridgehead atoms. The summed E-state index contributed by atoms with van der Waals surface area (Å²) in [5.74, 6) is 1.89. The Kier molecular flexibility index (Phi) is 9.30. The molecule has 3 aliphatic heterocycles. The number of ether oxygens (including phenoxy) is 4. The quantitative estimate of drug-likeness (QED) is 0.357. The van der Waals surface area contributed by atoms with E-state index in [1.807, 2.05) is 48.8 Å². The van der Waals surface area contributed by atoms with Crippen LogP contribution in [-0.2, 0) is 29.1 Å². The molecule has 7 rings (SSSR count). The number of fused-ring (bicyclic) bond motifs is 10. The van der Waals surface area contributed by atoms with Crippen LogP contribution < -0.4 is 29.6 Å². The number of nitrogens with zero attached hydrogens (tertiary/aromatic N) is 2. The Morgan fingerprint density at radius 2 is 1.87 bits per heavy atom. The lowest BCUT2D eigenvalue weighted by Crippen LogP contribution is -2.57. The number of aryl methyl sites for hydroxylation is 1. The highest BCUT2D eigenvalue weighted by atomic mass is 16.5. The molecule has 0 saturated carbocycles. The number of aromatic nitrogens is 1. The van der Waals surface area contributed by atoms with E-state index in [0.717, 1.165) is 29.6 Å². The van der Waals surface area contributed by atoms with Crippen LogP contribution in [0.25, 0.3) is 10.8 Å². The zero-order chi connectivity index (χ0) is 31.2. The summed E-state index contributed by atoms with van der Waals surface area (Å²) in [5.41, 5.74) is 2.96. The highest BCUT2D eigenvalue weighted by molar-refractivity contribution is 5.84. The van der Waals surface area contributed by atoms with Gasteiger partial charge in [-0.1, -0.05) is 24.3 Å². The number of pyridine rings is 1. The number of amides is 2. The largest absolute Gasteiger partial charge is 0.496 e. The van der Waals surface area contributed by atoms with Crippen molar-refractivity contribution in [3.63, 3.8) is 0 Å². The van der Waals surface area contributed by atoms with Crippen molar-refractivity contribution in [1.29, 1.82) is 0 Å². The molecule has 2 N–H and O–H groups in total. The molecule has 1 aromatic heterocycles. The fourth-order valence-corrected chi connectivity index (χ4v) is 6.03. The van der Waals surface area contributed by atoms with Gasteiger partial charge in [-0.2, -0.15) is 0 Å². The van der Waals surface area contributed by atoms with E-state index < -0.39 is 0 Å². The predicted molar refractivity (Wildman–Crippen MR) is 170 cm³/mol. The maximum Gasteiger partial charge on any atom is 0.258 e. The second kappa shape index (κ2) is 13.9. The van der Waals surface area contributed by atoms with Crippen molar-refractivity contribution in [2.75, 3.05) is 33.9 Å². The molecule has 2 amide bonds. The first-order valence-electron chi connectivity index (χ1n) is 15.2. The molecule has 3 aromatic carbocycles. The number of benzene rings is 3. The van der Waals surface area contributed by atoms with E-state index in [4.69, 9.17) is 18.9 Å². The monoisotopic (exact) mass is 610 g/mol. The lowest BCUT2D eigenvalue weighted by molar-refractivity contribution is -0.125. The van der Waals surface area contributed by atoms with E-state index in [1.54, 1.807) is 20.3 Å². The molecule has 4 heterocycles. The zero-order valence-corrected chi connectivity index (χ0v) is 25.6. The van der Waals surface area contributed by atoms with Crippen LogP contribution in [0.3, 0.4) is 0 Å². The lowest BCUT2D eigenvalue weighted by Gasteiger charge is -2.39. The third-order valence-corrected chi connectivity index (χ3v) is 8.39.